The molecule has 0 aliphatic heterocycles. The zero-order valence-corrected chi connectivity index (χ0v) is 13.0. The maximum Gasteiger partial charge on any atom is 0.159 e. The van der Waals surface area contributed by atoms with Crippen LogP contribution >= 0.6 is 11.6 Å². The van der Waals surface area contributed by atoms with Gasteiger partial charge in [0.15, 0.2) is 5.65 Å². The first-order chi connectivity index (χ1) is 9.69. The molecule has 2 heterocycles. The van der Waals surface area contributed by atoms with Crippen molar-refractivity contribution >= 4 is 22.8 Å². The van der Waals surface area contributed by atoms with Gasteiger partial charge in [-0.05, 0) is 33.6 Å². The fourth-order valence-electron chi connectivity index (χ4n) is 3.05. The molecule has 0 bridgehead atoms. The van der Waals surface area contributed by atoms with Crippen molar-refractivity contribution in [2.45, 2.75) is 58.2 Å². The van der Waals surface area contributed by atoms with Gasteiger partial charge in [0.05, 0.1) is 17.7 Å². The summed E-state index contributed by atoms with van der Waals surface area (Å²) >= 11 is 6.09. The largest absolute Gasteiger partial charge is 0.378 e. The van der Waals surface area contributed by atoms with Gasteiger partial charge in [0, 0.05) is 19.2 Å². The number of alkyl halides is 1. The molecular formula is C14H21ClN4O. The number of ether oxygens (including phenoxy) is 1. The second kappa shape index (κ2) is 5.37. The van der Waals surface area contributed by atoms with Crippen LogP contribution in [-0.4, -0.2) is 32.0 Å². The SMILES string of the molecule is CCOC1CC(n2c(CCl)nc3c(C)nn(CC)c32)C1. The van der Waals surface area contributed by atoms with Crippen molar-refractivity contribution in [3.05, 3.63) is 11.5 Å². The predicted molar refractivity (Wildman–Crippen MR) is 79.2 cm³/mol. The Morgan fingerprint density at radius 1 is 1.35 bits per heavy atom. The van der Waals surface area contributed by atoms with Crippen molar-refractivity contribution in [1.29, 1.82) is 0 Å². The van der Waals surface area contributed by atoms with Gasteiger partial charge in [-0.2, -0.15) is 5.10 Å². The average Bonchev–Trinajstić information content (AvgIpc) is 2.91. The molecule has 0 spiro atoms. The highest BCUT2D eigenvalue weighted by atomic mass is 35.5. The highest BCUT2D eigenvalue weighted by Gasteiger charge is 2.34. The van der Waals surface area contributed by atoms with Gasteiger partial charge in [-0.1, -0.05) is 0 Å². The predicted octanol–water partition coefficient (Wildman–Crippen LogP) is 3.04. The molecule has 5 nitrogen and oxygen atoms in total. The molecule has 2 aromatic rings. The number of nitrogens with zero attached hydrogens (tertiary/aromatic N) is 4. The molecule has 0 atom stereocenters. The van der Waals surface area contributed by atoms with Gasteiger partial charge < -0.3 is 9.30 Å². The van der Waals surface area contributed by atoms with E-state index in [1.165, 1.54) is 0 Å². The number of aromatic nitrogens is 4. The maximum atomic E-state index is 6.09. The van der Waals surface area contributed by atoms with Crippen LogP contribution in [0.4, 0.5) is 0 Å². The van der Waals surface area contributed by atoms with E-state index >= 15 is 0 Å². The highest BCUT2D eigenvalue weighted by Crippen LogP contribution is 2.38. The van der Waals surface area contributed by atoms with Crippen LogP contribution in [0.25, 0.3) is 11.2 Å². The molecule has 1 aliphatic rings. The Hall–Kier alpha value is -1.07. The maximum absolute atomic E-state index is 6.09. The van der Waals surface area contributed by atoms with Crippen LogP contribution in [0.15, 0.2) is 0 Å². The summed E-state index contributed by atoms with van der Waals surface area (Å²) < 4.78 is 9.97. The van der Waals surface area contributed by atoms with E-state index in [2.05, 4.69) is 21.6 Å². The summed E-state index contributed by atoms with van der Waals surface area (Å²) in [6, 6.07) is 0.437. The normalized spacial score (nSPS) is 22.4. The topological polar surface area (TPSA) is 44.9 Å². The molecule has 0 amide bonds. The third kappa shape index (κ3) is 2.04. The number of rotatable bonds is 5. The van der Waals surface area contributed by atoms with Crippen molar-refractivity contribution < 1.29 is 4.74 Å². The van der Waals surface area contributed by atoms with Gasteiger partial charge in [0.1, 0.15) is 11.3 Å². The molecule has 3 rings (SSSR count). The Labute approximate surface area is 123 Å². The van der Waals surface area contributed by atoms with Gasteiger partial charge in [-0.15, -0.1) is 11.6 Å². The number of hydrogen-bond donors (Lipinski definition) is 0. The molecule has 0 unspecified atom stereocenters. The summed E-state index contributed by atoms with van der Waals surface area (Å²) in [6.45, 7) is 7.79. The number of fused-ring (bicyclic) bond motifs is 1. The minimum Gasteiger partial charge on any atom is -0.378 e. The first-order valence-corrected chi connectivity index (χ1v) is 7.84. The van der Waals surface area contributed by atoms with Crippen LogP contribution < -0.4 is 0 Å². The van der Waals surface area contributed by atoms with Gasteiger partial charge in [0.2, 0.25) is 0 Å². The zero-order chi connectivity index (χ0) is 14.3. The smallest absolute Gasteiger partial charge is 0.159 e. The van der Waals surface area contributed by atoms with Gasteiger partial charge in [0.25, 0.3) is 0 Å². The summed E-state index contributed by atoms with van der Waals surface area (Å²) in [5.41, 5.74) is 3.08. The molecule has 20 heavy (non-hydrogen) atoms. The molecule has 0 N–H and O–H groups in total. The van der Waals surface area contributed by atoms with Crippen molar-refractivity contribution in [2.75, 3.05) is 6.61 Å². The molecule has 0 saturated heterocycles. The number of halogens is 1. The van der Waals surface area contributed by atoms with E-state index in [-0.39, 0.29) is 0 Å². The van der Waals surface area contributed by atoms with Crippen molar-refractivity contribution in [2.24, 2.45) is 0 Å². The molecule has 2 aromatic heterocycles. The standard InChI is InChI=1S/C14H21ClN4O/c1-4-18-14-13(9(3)17-18)16-12(8-15)19(14)10-6-11(7-10)20-5-2/h10-11H,4-8H2,1-3H3. The molecule has 0 radical (unpaired) electrons. The minimum atomic E-state index is 0.379. The van der Waals surface area contributed by atoms with E-state index in [1.54, 1.807) is 0 Å². The fourth-order valence-corrected chi connectivity index (χ4v) is 3.24. The number of aryl methyl sites for hydroxylation is 2. The average molecular weight is 297 g/mol. The van der Waals surface area contributed by atoms with Crippen LogP contribution in [-0.2, 0) is 17.2 Å². The molecule has 1 fully saturated rings. The van der Waals surface area contributed by atoms with Crippen molar-refractivity contribution in [3.8, 4) is 0 Å². The minimum absolute atomic E-state index is 0.379. The Balaban J connectivity index is 2.00. The van der Waals surface area contributed by atoms with Crippen molar-refractivity contribution in [3.63, 3.8) is 0 Å². The lowest BCUT2D eigenvalue weighted by Crippen LogP contribution is -2.34. The lowest BCUT2D eigenvalue weighted by atomic mass is 9.89. The van der Waals surface area contributed by atoms with Crippen LogP contribution in [0.1, 0.15) is 44.2 Å². The quantitative estimate of drug-likeness (QED) is 0.797. The third-order valence-corrected chi connectivity index (χ3v) is 4.31. The van der Waals surface area contributed by atoms with E-state index in [1.807, 2.05) is 18.5 Å². The van der Waals surface area contributed by atoms with E-state index in [9.17, 15) is 0 Å². The molecule has 6 heteroatoms. The number of imidazole rings is 1. The Morgan fingerprint density at radius 2 is 2.10 bits per heavy atom. The lowest BCUT2D eigenvalue weighted by Gasteiger charge is -2.36. The monoisotopic (exact) mass is 296 g/mol. The Kier molecular flexibility index (Phi) is 3.73. The summed E-state index contributed by atoms with van der Waals surface area (Å²) in [4.78, 5) is 4.68. The van der Waals surface area contributed by atoms with Crippen molar-refractivity contribution in [1.82, 2.24) is 19.3 Å². The summed E-state index contributed by atoms with van der Waals surface area (Å²) in [5, 5.41) is 4.56. The van der Waals surface area contributed by atoms with Crippen LogP contribution in [0.2, 0.25) is 0 Å². The van der Waals surface area contributed by atoms with Gasteiger partial charge in [-0.25, -0.2) is 9.67 Å². The summed E-state index contributed by atoms with van der Waals surface area (Å²) in [7, 11) is 0. The van der Waals surface area contributed by atoms with Crippen LogP contribution in [0, 0.1) is 6.92 Å². The lowest BCUT2D eigenvalue weighted by molar-refractivity contribution is -0.0194. The zero-order valence-electron chi connectivity index (χ0n) is 12.3. The first-order valence-electron chi connectivity index (χ1n) is 7.31. The van der Waals surface area contributed by atoms with E-state index < -0.39 is 0 Å². The Bertz CT molecular complexity index is 612. The summed E-state index contributed by atoms with van der Waals surface area (Å²) in [5.74, 6) is 1.39. The highest BCUT2D eigenvalue weighted by molar-refractivity contribution is 6.16. The van der Waals surface area contributed by atoms with Gasteiger partial charge in [-0.3, -0.25) is 0 Å². The second-order valence-corrected chi connectivity index (χ2v) is 5.57. The van der Waals surface area contributed by atoms with Gasteiger partial charge >= 0.3 is 0 Å². The third-order valence-electron chi connectivity index (χ3n) is 4.07. The second-order valence-electron chi connectivity index (χ2n) is 5.31. The van der Waals surface area contributed by atoms with E-state index in [4.69, 9.17) is 16.3 Å². The number of hydrogen-bond acceptors (Lipinski definition) is 3. The molecule has 0 aromatic carbocycles. The van der Waals surface area contributed by atoms with E-state index in [0.717, 1.165) is 48.7 Å². The molecule has 110 valence electrons. The summed E-state index contributed by atoms with van der Waals surface area (Å²) in [6.07, 6.45) is 2.46. The van der Waals surface area contributed by atoms with E-state index in [0.29, 0.717) is 18.0 Å². The van der Waals surface area contributed by atoms with Crippen LogP contribution in [0.5, 0.6) is 0 Å². The Morgan fingerprint density at radius 3 is 2.70 bits per heavy atom. The molecular weight excluding hydrogens is 276 g/mol. The molecule has 1 saturated carbocycles. The van der Waals surface area contributed by atoms with Crippen LogP contribution in [0.3, 0.4) is 0 Å². The molecule has 1 aliphatic carbocycles. The first kappa shape index (κ1) is 13.9. The fraction of sp³-hybridized carbons (Fsp3) is 0.714.